The minimum absolute atomic E-state index is 0.147. The standard InChI is InChI=1S/C22H15Cl2N5O2/c23-15-6-14-3-12(1-2-18(14)25-9-15)5-20-26-11-19(31-20)22(30)29-8-13-4-16-17(24)10-28-21(16)27-7-13/h1-4,6-7,9-11H,5,8H2,(H,27,28)(H,29,30). The number of hydrogen-bond acceptors (Lipinski definition) is 5. The smallest absolute Gasteiger partial charge is 0.288 e. The lowest BCUT2D eigenvalue weighted by molar-refractivity contribution is 0.0921. The first-order valence-electron chi connectivity index (χ1n) is 9.44. The maximum absolute atomic E-state index is 12.5. The summed E-state index contributed by atoms with van der Waals surface area (Å²) < 4.78 is 5.64. The van der Waals surface area contributed by atoms with Gasteiger partial charge in [-0.25, -0.2) is 9.97 Å². The van der Waals surface area contributed by atoms with Gasteiger partial charge in [0, 0.05) is 42.3 Å². The number of nitrogens with zero attached hydrogens (tertiary/aromatic N) is 3. The van der Waals surface area contributed by atoms with E-state index < -0.39 is 0 Å². The number of nitrogens with one attached hydrogen (secondary N) is 2. The molecule has 7 nitrogen and oxygen atoms in total. The number of fused-ring (bicyclic) bond motifs is 2. The monoisotopic (exact) mass is 451 g/mol. The molecule has 0 radical (unpaired) electrons. The van der Waals surface area contributed by atoms with Crippen molar-refractivity contribution in [2.24, 2.45) is 0 Å². The van der Waals surface area contributed by atoms with E-state index in [0.29, 0.717) is 28.0 Å². The Morgan fingerprint density at radius 2 is 1.94 bits per heavy atom. The van der Waals surface area contributed by atoms with E-state index in [1.807, 2.05) is 30.3 Å². The number of amides is 1. The number of pyridine rings is 2. The Hall–Kier alpha value is -3.42. The highest BCUT2D eigenvalue weighted by Crippen LogP contribution is 2.22. The summed E-state index contributed by atoms with van der Waals surface area (Å²) in [6.45, 7) is 0.289. The van der Waals surface area contributed by atoms with Gasteiger partial charge in [0.25, 0.3) is 5.91 Å². The third-order valence-corrected chi connectivity index (χ3v) is 5.35. The quantitative estimate of drug-likeness (QED) is 0.394. The van der Waals surface area contributed by atoms with Crippen molar-refractivity contribution in [2.75, 3.05) is 0 Å². The van der Waals surface area contributed by atoms with Crippen LogP contribution >= 0.6 is 23.2 Å². The van der Waals surface area contributed by atoms with E-state index in [2.05, 4.69) is 25.3 Å². The molecule has 1 amide bonds. The zero-order chi connectivity index (χ0) is 21.4. The lowest BCUT2D eigenvalue weighted by atomic mass is 10.1. The second kappa shape index (κ2) is 8.02. The Morgan fingerprint density at radius 3 is 2.84 bits per heavy atom. The van der Waals surface area contributed by atoms with Crippen LogP contribution in [0.3, 0.4) is 0 Å². The molecule has 154 valence electrons. The van der Waals surface area contributed by atoms with E-state index in [-0.39, 0.29) is 18.2 Å². The molecule has 0 bridgehead atoms. The number of H-pyrrole nitrogens is 1. The Balaban J connectivity index is 1.26. The van der Waals surface area contributed by atoms with Gasteiger partial charge in [0.2, 0.25) is 5.76 Å². The van der Waals surface area contributed by atoms with Crippen LogP contribution in [0.4, 0.5) is 0 Å². The van der Waals surface area contributed by atoms with Crippen molar-refractivity contribution in [1.82, 2.24) is 25.3 Å². The van der Waals surface area contributed by atoms with E-state index in [0.717, 1.165) is 27.4 Å². The highest BCUT2D eigenvalue weighted by molar-refractivity contribution is 6.35. The minimum atomic E-state index is -0.353. The normalized spacial score (nSPS) is 11.3. The first-order chi connectivity index (χ1) is 15.0. The predicted octanol–water partition coefficient (Wildman–Crippen LogP) is 4.93. The lowest BCUT2D eigenvalue weighted by Gasteiger charge is -2.04. The van der Waals surface area contributed by atoms with Crippen LogP contribution in [0.2, 0.25) is 10.0 Å². The van der Waals surface area contributed by atoms with Gasteiger partial charge in [0.15, 0.2) is 5.89 Å². The largest absolute Gasteiger partial charge is 0.435 e. The van der Waals surface area contributed by atoms with Crippen LogP contribution in [0, 0.1) is 0 Å². The summed E-state index contributed by atoms with van der Waals surface area (Å²) in [5.41, 5.74) is 3.36. The fourth-order valence-electron chi connectivity index (χ4n) is 3.32. The first kappa shape index (κ1) is 19.5. The number of hydrogen-bond donors (Lipinski definition) is 2. The van der Waals surface area contributed by atoms with Gasteiger partial charge in [-0.1, -0.05) is 29.3 Å². The molecule has 0 saturated heterocycles. The third-order valence-electron chi connectivity index (χ3n) is 4.84. The van der Waals surface area contributed by atoms with Crippen molar-refractivity contribution in [3.63, 3.8) is 0 Å². The van der Waals surface area contributed by atoms with Gasteiger partial charge in [-0.3, -0.25) is 9.78 Å². The summed E-state index contributed by atoms with van der Waals surface area (Å²) in [5.74, 6) is 0.240. The number of carbonyl (C=O) groups excluding carboxylic acids is 1. The van der Waals surface area contributed by atoms with Gasteiger partial charge in [-0.2, -0.15) is 0 Å². The fraction of sp³-hybridized carbons (Fsp3) is 0.0909. The van der Waals surface area contributed by atoms with Crippen molar-refractivity contribution < 1.29 is 9.21 Å². The number of rotatable bonds is 5. The Morgan fingerprint density at radius 1 is 1.03 bits per heavy atom. The van der Waals surface area contributed by atoms with E-state index in [1.165, 1.54) is 6.20 Å². The predicted molar refractivity (Wildman–Crippen MR) is 118 cm³/mol. The van der Waals surface area contributed by atoms with Crippen molar-refractivity contribution in [3.05, 3.63) is 87.9 Å². The zero-order valence-electron chi connectivity index (χ0n) is 16.0. The van der Waals surface area contributed by atoms with Crippen LogP contribution in [-0.2, 0) is 13.0 Å². The molecule has 0 unspecified atom stereocenters. The summed E-state index contributed by atoms with van der Waals surface area (Å²) in [4.78, 5) is 28.2. The van der Waals surface area contributed by atoms with E-state index in [4.69, 9.17) is 27.6 Å². The van der Waals surface area contributed by atoms with Gasteiger partial charge in [0.05, 0.1) is 21.8 Å². The van der Waals surface area contributed by atoms with Crippen molar-refractivity contribution in [1.29, 1.82) is 0 Å². The third kappa shape index (κ3) is 4.10. The van der Waals surface area contributed by atoms with Gasteiger partial charge < -0.3 is 14.7 Å². The molecule has 31 heavy (non-hydrogen) atoms. The molecule has 0 aliphatic carbocycles. The Labute approximate surface area is 186 Å². The molecule has 2 N–H and O–H groups in total. The van der Waals surface area contributed by atoms with E-state index in [9.17, 15) is 4.79 Å². The van der Waals surface area contributed by atoms with Crippen LogP contribution < -0.4 is 5.32 Å². The number of aromatic nitrogens is 4. The van der Waals surface area contributed by atoms with Crippen molar-refractivity contribution in [3.8, 4) is 0 Å². The molecule has 0 aliphatic rings. The molecule has 1 aromatic carbocycles. The van der Waals surface area contributed by atoms with Crippen LogP contribution in [0.1, 0.15) is 27.6 Å². The Kier molecular flexibility index (Phi) is 5.05. The summed E-state index contributed by atoms with van der Waals surface area (Å²) in [7, 11) is 0. The average Bonchev–Trinajstić information content (AvgIpc) is 3.38. The molecule has 0 aliphatic heterocycles. The van der Waals surface area contributed by atoms with Gasteiger partial charge in [0.1, 0.15) is 5.65 Å². The molecule has 0 atom stereocenters. The molecular weight excluding hydrogens is 437 g/mol. The highest BCUT2D eigenvalue weighted by atomic mass is 35.5. The SMILES string of the molecule is O=C(NCc1cnc2[nH]cc(Cl)c2c1)c1cnc(Cc2ccc3ncc(Cl)cc3c2)o1. The minimum Gasteiger partial charge on any atom is -0.435 e. The van der Waals surface area contributed by atoms with Gasteiger partial charge >= 0.3 is 0 Å². The average molecular weight is 452 g/mol. The number of carbonyl (C=O) groups is 1. The maximum Gasteiger partial charge on any atom is 0.288 e. The molecule has 5 rings (SSSR count). The molecule has 4 heterocycles. The van der Waals surface area contributed by atoms with E-state index >= 15 is 0 Å². The summed E-state index contributed by atoms with van der Waals surface area (Å²) in [6, 6.07) is 9.58. The van der Waals surface area contributed by atoms with Crippen LogP contribution in [0.15, 0.2) is 59.5 Å². The molecule has 0 spiro atoms. The number of oxazole rings is 1. The second-order valence-electron chi connectivity index (χ2n) is 7.03. The topological polar surface area (TPSA) is 96.7 Å². The number of halogens is 2. The molecule has 4 aromatic heterocycles. The van der Waals surface area contributed by atoms with Crippen LogP contribution in [0.5, 0.6) is 0 Å². The van der Waals surface area contributed by atoms with Crippen molar-refractivity contribution in [2.45, 2.75) is 13.0 Å². The molecular formula is C22H15Cl2N5O2. The molecule has 9 heteroatoms. The summed E-state index contributed by atoms with van der Waals surface area (Å²) >= 11 is 12.1. The zero-order valence-corrected chi connectivity index (χ0v) is 17.5. The lowest BCUT2D eigenvalue weighted by Crippen LogP contribution is -2.22. The molecule has 5 aromatic rings. The number of aromatic amines is 1. The maximum atomic E-state index is 12.5. The summed E-state index contributed by atoms with van der Waals surface area (Å²) in [5, 5.41) is 5.71. The molecule has 0 fully saturated rings. The Bertz CT molecular complexity index is 1430. The summed E-state index contributed by atoms with van der Waals surface area (Å²) in [6.07, 6.45) is 6.85. The van der Waals surface area contributed by atoms with Gasteiger partial charge in [-0.05, 0) is 35.4 Å². The van der Waals surface area contributed by atoms with Crippen LogP contribution in [-0.4, -0.2) is 25.8 Å². The van der Waals surface area contributed by atoms with Crippen LogP contribution in [0.25, 0.3) is 21.9 Å². The first-order valence-corrected chi connectivity index (χ1v) is 10.2. The van der Waals surface area contributed by atoms with Gasteiger partial charge in [-0.15, -0.1) is 0 Å². The number of benzene rings is 1. The highest BCUT2D eigenvalue weighted by Gasteiger charge is 2.14. The fourth-order valence-corrected chi connectivity index (χ4v) is 3.68. The van der Waals surface area contributed by atoms with Crippen molar-refractivity contribution >= 4 is 51.0 Å². The second-order valence-corrected chi connectivity index (χ2v) is 7.88. The molecule has 0 saturated carbocycles. The van der Waals surface area contributed by atoms with E-state index in [1.54, 1.807) is 18.6 Å².